The van der Waals surface area contributed by atoms with Gasteiger partial charge in [0.15, 0.2) is 0 Å². The summed E-state index contributed by atoms with van der Waals surface area (Å²) < 4.78 is 10.3. The van der Waals surface area contributed by atoms with Crippen molar-refractivity contribution < 1.29 is 9.47 Å². The van der Waals surface area contributed by atoms with Gasteiger partial charge in [0.05, 0.1) is 23.6 Å². The maximum Gasteiger partial charge on any atom is 0.104 e. The zero-order valence-electron chi connectivity index (χ0n) is 6.43. The molecule has 1 N–H and O–H groups in total. The summed E-state index contributed by atoms with van der Waals surface area (Å²) in [4.78, 5) is 3.20. The molecule has 0 aliphatic carbocycles. The van der Waals surface area contributed by atoms with E-state index in [4.69, 9.17) is 9.47 Å². The van der Waals surface area contributed by atoms with E-state index in [1.54, 1.807) is 0 Å². The van der Waals surface area contributed by atoms with Crippen molar-refractivity contribution in [3.63, 3.8) is 0 Å². The van der Waals surface area contributed by atoms with Crippen LogP contribution >= 0.6 is 0 Å². The molecule has 10 heavy (non-hydrogen) atoms. The molecule has 1 aliphatic heterocycles. The molecule has 1 aliphatic rings. The van der Waals surface area contributed by atoms with E-state index >= 15 is 0 Å². The monoisotopic (exact) mass is 161 g/mol. The van der Waals surface area contributed by atoms with Crippen LogP contribution in [0.4, 0.5) is 0 Å². The highest BCUT2D eigenvalue weighted by atomic mass is 28.2. The molecule has 1 rings (SSSR count). The highest BCUT2D eigenvalue weighted by Gasteiger charge is 2.21. The predicted octanol–water partition coefficient (Wildman–Crippen LogP) is -1.34. The van der Waals surface area contributed by atoms with E-state index in [-0.39, 0.29) is 0 Å². The molecule has 3 nitrogen and oxygen atoms in total. The first-order valence-corrected chi connectivity index (χ1v) is 4.77. The van der Waals surface area contributed by atoms with Crippen LogP contribution in [0.3, 0.4) is 0 Å². The summed E-state index contributed by atoms with van der Waals surface area (Å²) in [6.07, 6.45) is 1.54. The molecule has 0 saturated carbocycles. The Morgan fingerprint density at radius 1 is 1.70 bits per heavy atom. The van der Waals surface area contributed by atoms with E-state index in [1.807, 2.05) is 0 Å². The summed E-state index contributed by atoms with van der Waals surface area (Å²) in [5.41, 5.74) is 0. The topological polar surface area (TPSA) is 33.8 Å². The Balaban J connectivity index is 1.68. The Morgan fingerprint density at radius 2 is 2.50 bits per heavy atom. The normalized spacial score (nSPS) is 23.4. The molecule has 1 atom stereocenters. The summed E-state index contributed by atoms with van der Waals surface area (Å²) in [6, 6.07) is 0. The first-order chi connectivity index (χ1) is 4.93. The van der Waals surface area contributed by atoms with Gasteiger partial charge in [0.1, 0.15) is 6.10 Å². The molecular weight excluding hydrogens is 146 g/mol. The second-order valence-electron chi connectivity index (χ2n) is 2.49. The fourth-order valence-electron chi connectivity index (χ4n) is 0.730. The minimum absolute atomic E-state index is 0.420. The van der Waals surface area contributed by atoms with Gasteiger partial charge in [-0.1, -0.05) is 0 Å². The van der Waals surface area contributed by atoms with Crippen molar-refractivity contribution in [2.45, 2.75) is 12.5 Å². The highest BCUT2D eigenvalue weighted by Crippen LogP contribution is 2.08. The van der Waals surface area contributed by atoms with Crippen LogP contribution in [0.2, 0.25) is 0 Å². The van der Waals surface area contributed by atoms with E-state index < -0.39 is 0 Å². The van der Waals surface area contributed by atoms with Gasteiger partial charge in [0.2, 0.25) is 0 Å². The highest BCUT2D eigenvalue weighted by molar-refractivity contribution is 6.04. The fraction of sp³-hybridized carbons (Fsp3) is 1.00. The molecule has 0 bridgehead atoms. The standard InChI is InChI=1S/C6H15NO2Si/c10-7-2-1-3-8-4-6-5-9-6/h6-7H,1-5H2,10H3. The molecule has 0 aromatic rings. The molecule has 1 saturated heterocycles. The Hall–Kier alpha value is 0.0969. The maximum absolute atomic E-state index is 5.31. The SMILES string of the molecule is [SiH3]NCCCOCC1CO1. The lowest BCUT2D eigenvalue weighted by atomic mass is 10.4. The second-order valence-corrected chi connectivity index (χ2v) is 3.19. The minimum atomic E-state index is 0.420. The lowest BCUT2D eigenvalue weighted by Gasteiger charge is -2.00. The van der Waals surface area contributed by atoms with Gasteiger partial charge in [-0.2, -0.15) is 0 Å². The van der Waals surface area contributed by atoms with Gasteiger partial charge in [0.25, 0.3) is 0 Å². The smallest absolute Gasteiger partial charge is 0.104 e. The number of rotatable bonds is 6. The molecule has 0 radical (unpaired) electrons. The van der Waals surface area contributed by atoms with Gasteiger partial charge in [-0.25, -0.2) is 0 Å². The van der Waals surface area contributed by atoms with Gasteiger partial charge in [0, 0.05) is 6.61 Å². The van der Waals surface area contributed by atoms with E-state index in [9.17, 15) is 0 Å². The van der Waals surface area contributed by atoms with Crippen LogP contribution < -0.4 is 4.98 Å². The van der Waals surface area contributed by atoms with Gasteiger partial charge in [-0.15, -0.1) is 0 Å². The average molecular weight is 161 g/mol. The summed E-state index contributed by atoms with van der Waals surface area (Å²) in [6.45, 7) is 3.66. The third-order valence-electron chi connectivity index (χ3n) is 1.42. The molecular formula is C6H15NO2Si. The van der Waals surface area contributed by atoms with Crippen LogP contribution in [0.5, 0.6) is 0 Å². The predicted molar refractivity (Wildman–Crippen MR) is 43.1 cm³/mol. The Bertz CT molecular complexity index is 87.8. The average Bonchev–Trinajstić information content (AvgIpc) is 2.71. The van der Waals surface area contributed by atoms with Crippen LogP contribution in [-0.4, -0.2) is 42.9 Å². The summed E-state index contributed by atoms with van der Waals surface area (Å²) >= 11 is 0. The summed E-state index contributed by atoms with van der Waals surface area (Å²) in [5.74, 6) is 0. The van der Waals surface area contributed by atoms with Crippen LogP contribution in [0.15, 0.2) is 0 Å². The number of ether oxygens (including phenoxy) is 2. The van der Waals surface area contributed by atoms with Crippen LogP contribution in [-0.2, 0) is 9.47 Å². The van der Waals surface area contributed by atoms with Crippen molar-refractivity contribution in [3.8, 4) is 0 Å². The van der Waals surface area contributed by atoms with E-state index in [2.05, 4.69) is 4.98 Å². The van der Waals surface area contributed by atoms with Crippen LogP contribution in [0.1, 0.15) is 6.42 Å². The first kappa shape index (κ1) is 8.20. The molecule has 0 spiro atoms. The number of epoxide rings is 1. The second kappa shape index (κ2) is 4.84. The Labute approximate surface area is 64.6 Å². The zero-order chi connectivity index (χ0) is 7.23. The minimum Gasteiger partial charge on any atom is -0.379 e. The Kier molecular flexibility index (Phi) is 3.97. The number of nitrogens with one attached hydrogen (secondary N) is 1. The first-order valence-electron chi connectivity index (χ1n) is 3.77. The molecule has 0 aromatic carbocycles. The zero-order valence-corrected chi connectivity index (χ0v) is 8.43. The van der Waals surface area contributed by atoms with Crippen LogP contribution in [0.25, 0.3) is 0 Å². The molecule has 60 valence electrons. The van der Waals surface area contributed by atoms with E-state index in [1.165, 1.54) is 0 Å². The van der Waals surface area contributed by atoms with E-state index in [0.29, 0.717) is 6.10 Å². The van der Waals surface area contributed by atoms with Crippen molar-refractivity contribution in [3.05, 3.63) is 0 Å². The van der Waals surface area contributed by atoms with Crippen LogP contribution in [0, 0.1) is 0 Å². The number of hydrogen-bond acceptors (Lipinski definition) is 3. The molecule has 0 amide bonds. The van der Waals surface area contributed by atoms with Crippen molar-refractivity contribution in [2.24, 2.45) is 0 Å². The molecule has 1 heterocycles. The Morgan fingerprint density at radius 3 is 3.10 bits per heavy atom. The number of hydrogen-bond donors (Lipinski definition) is 1. The molecule has 1 fully saturated rings. The lowest BCUT2D eigenvalue weighted by molar-refractivity contribution is 0.115. The lowest BCUT2D eigenvalue weighted by Crippen LogP contribution is -2.13. The van der Waals surface area contributed by atoms with Gasteiger partial charge >= 0.3 is 0 Å². The largest absolute Gasteiger partial charge is 0.379 e. The molecule has 0 aromatic heterocycles. The van der Waals surface area contributed by atoms with Crippen molar-refractivity contribution in [1.29, 1.82) is 0 Å². The van der Waals surface area contributed by atoms with Gasteiger partial charge < -0.3 is 14.5 Å². The quantitative estimate of drug-likeness (QED) is 0.297. The van der Waals surface area contributed by atoms with Crippen molar-refractivity contribution in [1.82, 2.24) is 4.98 Å². The molecule has 1 unspecified atom stereocenters. The van der Waals surface area contributed by atoms with Crippen molar-refractivity contribution in [2.75, 3.05) is 26.4 Å². The fourth-order valence-corrected chi connectivity index (χ4v) is 1.08. The molecule has 4 heteroatoms. The van der Waals surface area contributed by atoms with Gasteiger partial charge in [-0.3, -0.25) is 0 Å². The van der Waals surface area contributed by atoms with E-state index in [0.717, 1.165) is 43.2 Å². The van der Waals surface area contributed by atoms with Crippen molar-refractivity contribution >= 4 is 10.4 Å². The summed E-state index contributed by atoms with van der Waals surface area (Å²) in [7, 11) is 1.09. The maximum atomic E-state index is 5.31. The third-order valence-corrected chi connectivity index (χ3v) is 1.92. The van der Waals surface area contributed by atoms with Gasteiger partial charge in [-0.05, 0) is 13.0 Å². The third kappa shape index (κ3) is 4.00. The summed E-state index contributed by atoms with van der Waals surface area (Å²) in [5, 5.41) is 0.